The van der Waals surface area contributed by atoms with Crippen LogP contribution in [0.1, 0.15) is 24.9 Å². The molecule has 5 nitrogen and oxygen atoms in total. The third-order valence-corrected chi connectivity index (χ3v) is 3.86. The van der Waals surface area contributed by atoms with E-state index >= 15 is 0 Å². The molecule has 1 unspecified atom stereocenters. The molecule has 122 valence electrons. The van der Waals surface area contributed by atoms with Crippen molar-refractivity contribution in [2.24, 2.45) is 0 Å². The van der Waals surface area contributed by atoms with Crippen LogP contribution in [0.15, 0.2) is 59.2 Å². The van der Waals surface area contributed by atoms with Gasteiger partial charge in [0.1, 0.15) is 5.58 Å². The van der Waals surface area contributed by atoms with E-state index in [0.29, 0.717) is 0 Å². The van der Waals surface area contributed by atoms with Gasteiger partial charge in [0.25, 0.3) is 0 Å². The first-order chi connectivity index (χ1) is 11.5. The van der Waals surface area contributed by atoms with Gasteiger partial charge < -0.3 is 14.8 Å². The molecule has 0 aliphatic heterocycles. The second-order valence-electron chi connectivity index (χ2n) is 5.62. The van der Waals surface area contributed by atoms with Crippen LogP contribution in [0, 0.1) is 0 Å². The van der Waals surface area contributed by atoms with Crippen molar-refractivity contribution in [3.05, 3.63) is 60.4 Å². The Bertz CT molecular complexity index is 864. The molecule has 1 atom stereocenters. The van der Waals surface area contributed by atoms with Gasteiger partial charge >= 0.3 is 5.97 Å². The number of rotatable bonds is 5. The fourth-order valence-electron chi connectivity index (χ4n) is 2.79. The van der Waals surface area contributed by atoms with E-state index in [-0.39, 0.29) is 12.3 Å². The zero-order chi connectivity index (χ0) is 17.1. The first kappa shape index (κ1) is 15.8. The smallest absolute Gasteiger partial charge is 0.305 e. The molecule has 3 rings (SSSR count). The fraction of sp³-hybridized carbons (Fsp3) is 0.158. The molecule has 5 heteroatoms. The van der Waals surface area contributed by atoms with Crippen molar-refractivity contribution in [2.75, 3.05) is 0 Å². The third-order valence-electron chi connectivity index (χ3n) is 3.86. The summed E-state index contributed by atoms with van der Waals surface area (Å²) in [5.41, 5.74) is 3.51. The van der Waals surface area contributed by atoms with Gasteiger partial charge in [0.2, 0.25) is 5.91 Å². The molecule has 1 amide bonds. The van der Waals surface area contributed by atoms with Crippen molar-refractivity contribution in [1.82, 2.24) is 5.32 Å². The normalized spacial score (nSPS) is 12.0. The van der Waals surface area contributed by atoms with Crippen LogP contribution in [0.25, 0.3) is 22.1 Å². The predicted octanol–water partition coefficient (Wildman–Crippen LogP) is 3.75. The van der Waals surface area contributed by atoms with Crippen LogP contribution in [0.3, 0.4) is 0 Å². The van der Waals surface area contributed by atoms with E-state index < -0.39 is 12.0 Å². The molecule has 0 saturated carbocycles. The van der Waals surface area contributed by atoms with Crippen LogP contribution in [0.2, 0.25) is 0 Å². The van der Waals surface area contributed by atoms with Gasteiger partial charge in [-0.1, -0.05) is 42.5 Å². The molecule has 0 aliphatic rings. The molecule has 0 spiro atoms. The van der Waals surface area contributed by atoms with Crippen LogP contribution in [-0.2, 0) is 9.59 Å². The molecule has 0 radical (unpaired) electrons. The summed E-state index contributed by atoms with van der Waals surface area (Å²) in [5.74, 6) is -1.22. The predicted molar refractivity (Wildman–Crippen MR) is 90.5 cm³/mol. The monoisotopic (exact) mass is 323 g/mol. The number of fused-ring (bicyclic) bond motifs is 1. The minimum Gasteiger partial charge on any atom is -0.481 e. The lowest BCUT2D eigenvalue weighted by atomic mass is 9.98. The molecular formula is C19H17NO4. The van der Waals surface area contributed by atoms with Crippen molar-refractivity contribution in [1.29, 1.82) is 0 Å². The lowest BCUT2D eigenvalue weighted by Crippen LogP contribution is -2.27. The Morgan fingerprint density at radius 2 is 1.88 bits per heavy atom. The lowest BCUT2D eigenvalue weighted by molar-refractivity contribution is -0.137. The number of nitrogens with one attached hydrogen (secondary N) is 1. The fourth-order valence-corrected chi connectivity index (χ4v) is 2.79. The average Bonchev–Trinajstić information content (AvgIpc) is 3.02. The summed E-state index contributed by atoms with van der Waals surface area (Å²) in [6.45, 7) is 1.38. The lowest BCUT2D eigenvalue weighted by Gasteiger charge is -2.16. The second-order valence-corrected chi connectivity index (χ2v) is 5.62. The van der Waals surface area contributed by atoms with Crippen molar-refractivity contribution >= 4 is 22.8 Å². The number of aliphatic carboxylic acids is 1. The minimum atomic E-state index is -0.960. The highest BCUT2D eigenvalue weighted by Gasteiger charge is 2.17. The Kier molecular flexibility index (Phi) is 4.33. The maximum Gasteiger partial charge on any atom is 0.305 e. The molecule has 0 saturated heterocycles. The number of amides is 1. The Hall–Kier alpha value is -3.08. The number of furan rings is 1. The molecule has 24 heavy (non-hydrogen) atoms. The van der Waals surface area contributed by atoms with Crippen LogP contribution in [0.4, 0.5) is 0 Å². The Morgan fingerprint density at radius 3 is 2.54 bits per heavy atom. The molecule has 0 aliphatic carbocycles. The van der Waals surface area contributed by atoms with Gasteiger partial charge in [0.05, 0.1) is 18.7 Å². The van der Waals surface area contributed by atoms with E-state index in [4.69, 9.17) is 9.52 Å². The van der Waals surface area contributed by atoms with E-state index in [2.05, 4.69) is 5.32 Å². The Balaban J connectivity index is 1.93. The molecule has 0 fully saturated rings. The molecule has 1 aromatic heterocycles. The molecule has 0 bridgehead atoms. The van der Waals surface area contributed by atoms with E-state index in [1.54, 1.807) is 6.26 Å². The maximum absolute atomic E-state index is 11.3. The van der Waals surface area contributed by atoms with Crippen molar-refractivity contribution in [3.8, 4) is 11.1 Å². The molecule has 2 N–H and O–H groups in total. The first-order valence-corrected chi connectivity index (χ1v) is 7.60. The summed E-state index contributed by atoms with van der Waals surface area (Å²) in [6.07, 6.45) is 1.49. The van der Waals surface area contributed by atoms with Crippen LogP contribution in [0.5, 0.6) is 0 Å². The van der Waals surface area contributed by atoms with Crippen molar-refractivity contribution in [3.63, 3.8) is 0 Å². The van der Waals surface area contributed by atoms with Gasteiger partial charge in [0.15, 0.2) is 0 Å². The number of carbonyl (C=O) groups excluding carboxylic acids is 1. The van der Waals surface area contributed by atoms with Gasteiger partial charge in [-0.15, -0.1) is 0 Å². The molecule has 2 aromatic carbocycles. The summed E-state index contributed by atoms with van der Waals surface area (Å²) >= 11 is 0. The highest BCUT2D eigenvalue weighted by molar-refractivity contribution is 5.92. The number of carboxylic acids is 1. The second kappa shape index (κ2) is 6.58. The summed E-state index contributed by atoms with van der Waals surface area (Å²) < 4.78 is 5.55. The minimum absolute atomic E-state index is 0.160. The number of carboxylic acid groups (broad SMARTS) is 1. The van der Waals surface area contributed by atoms with E-state index in [0.717, 1.165) is 27.7 Å². The number of para-hydroxylation sites is 1. The van der Waals surface area contributed by atoms with Gasteiger partial charge in [0, 0.05) is 17.9 Å². The zero-order valence-corrected chi connectivity index (χ0v) is 13.2. The average molecular weight is 323 g/mol. The molecular weight excluding hydrogens is 306 g/mol. The van der Waals surface area contributed by atoms with E-state index in [1.807, 2.05) is 48.5 Å². The first-order valence-electron chi connectivity index (χ1n) is 7.60. The summed E-state index contributed by atoms with van der Waals surface area (Å²) in [7, 11) is 0. The molecule has 3 aromatic rings. The Labute approximate surface area is 138 Å². The number of hydrogen-bond donors (Lipinski definition) is 2. The summed E-state index contributed by atoms with van der Waals surface area (Å²) in [4.78, 5) is 22.3. The van der Waals surface area contributed by atoms with Crippen LogP contribution < -0.4 is 5.32 Å². The highest BCUT2D eigenvalue weighted by Crippen LogP contribution is 2.30. The van der Waals surface area contributed by atoms with Crippen molar-refractivity contribution in [2.45, 2.75) is 19.4 Å². The van der Waals surface area contributed by atoms with Gasteiger partial charge in [-0.2, -0.15) is 0 Å². The summed E-state index contributed by atoms with van der Waals surface area (Å²) in [5, 5.41) is 12.7. The largest absolute Gasteiger partial charge is 0.481 e. The van der Waals surface area contributed by atoms with Crippen molar-refractivity contribution < 1.29 is 19.1 Å². The number of benzene rings is 2. The Morgan fingerprint density at radius 1 is 1.12 bits per heavy atom. The topological polar surface area (TPSA) is 79.5 Å². The van der Waals surface area contributed by atoms with Crippen LogP contribution in [-0.4, -0.2) is 17.0 Å². The van der Waals surface area contributed by atoms with Crippen LogP contribution >= 0.6 is 0 Å². The van der Waals surface area contributed by atoms with Gasteiger partial charge in [-0.25, -0.2) is 0 Å². The third kappa shape index (κ3) is 3.30. The maximum atomic E-state index is 11.3. The SMILES string of the molecule is CC(=O)NC(CC(=O)O)c1ccc(-c2cccc3ccoc23)cc1. The van der Waals surface area contributed by atoms with E-state index in [9.17, 15) is 9.59 Å². The number of carbonyl (C=O) groups is 2. The van der Waals surface area contributed by atoms with E-state index in [1.165, 1.54) is 6.92 Å². The standard InChI is InChI=1S/C19H17NO4/c1-12(21)20-17(11-18(22)23)14-7-5-13(6-8-14)16-4-2-3-15-9-10-24-19(15)16/h2-10,17H,11H2,1H3,(H,20,21)(H,22,23). The number of hydrogen-bond acceptors (Lipinski definition) is 3. The quantitative estimate of drug-likeness (QED) is 0.749. The van der Waals surface area contributed by atoms with Gasteiger partial charge in [-0.05, 0) is 17.2 Å². The molecule has 1 heterocycles. The zero-order valence-electron chi connectivity index (χ0n) is 13.2. The summed E-state index contributed by atoms with van der Waals surface area (Å²) in [6, 6.07) is 14.8. The highest BCUT2D eigenvalue weighted by atomic mass is 16.4. The van der Waals surface area contributed by atoms with Gasteiger partial charge in [-0.3, -0.25) is 9.59 Å².